The van der Waals surface area contributed by atoms with Crippen LogP contribution >= 0.6 is 0 Å². The third kappa shape index (κ3) is 5.50. The summed E-state index contributed by atoms with van der Waals surface area (Å²) in [4.78, 5) is 0. The number of allylic oxidation sites excluding steroid dienone is 2. The zero-order valence-electron chi connectivity index (χ0n) is 16.4. The Hall–Kier alpha value is -0.617. The van der Waals surface area contributed by atoms with E-state index in [1.807, 2.05) is 0 Å². The summed E-state index contributed by atoms with van der Waals surface area (Å²) in [6.45, 7) is 2.49. The third-order valence-electron chi connectivity index (χ3n) is 6.06. The smallest absolute Gasteiger partial charge is 1.00 e. The standard InChI is InChI=1S/C25H27.2ClH.Zr/c1-19(13-14-23-18-17-21-9-3-5-12-25(21)23)7-6-10-22-16-15-20-8-2-4-11-24(20)22;;;/h2-5,8-9,11-12,15-18,22-23H,6-7,10,13-14H2,1H3;2*1H;/q;;;+2/p-2. The van der Waals surface area contributed by atoms with Crippen LogP contribution in [-0.2, 0) is 24.7 Å². The van der Waals surface area contributed by atoms with Crippen LogP contribution in [0.25, 0.3) is 12.2 Å². The fraction of sp³-hybridized carbons (Fsp3) is 0.360. The van der Waals surface area contributed by atoms with Crippen molar-refractivity contribution < 1.29 is 49.5 Å². The first-order chi connectivity index (χ1) is 12.6. The maximum absolute atomic E-state index is 2.49. The van der Waals surface area contributed by atoms with E-state index < -0.39 is 0 Å². The minimum absolute atomic E-state index is 0. The number of hydrogen-bond acceptors (Lipinski definition) is 0. The zero-order chi connectivity index (χ0) is 18.0. The summed E-state index contributed by atoms with van der Waals surface area (Å²) < 4.78 is 0.514. The fourth-order valence-electron chi connectivity index (χ4n) is 4.46. The quantitative estimate of drug-likeness (QED) is 0.550. The number of rotatable bonds is 7. The normalized spacial score (nSPS) is 20.7. The van der Waals surface area contributed by atoms with E-state index in [9.17, 15) is 0 Å². The van der Waals surface area contributed by atoms with Crippen molar-refractivity contribution >= 4 is 12.2 Å². The molecule has 0 fully saturated rings. The molecule has 0 N–H and O–H groups in total. The molecule has 0 saturated carbocycles. The first kappa shape index (κ1) is 23.7. The van der Waals surface area contributed by atoms with Crippen LogP contribution in [0.5, 0.6) is 0 Å². The van der Waals surface area contributed by atoms with Crippen molar-refractivity contribution in [2.45, 2.75) is 54.0 Å². The summed E-state index contributed by atoms with van der Waals surface area (Å²) in [6, 6.07) is 17.8. The average molecular weight is 490 g/mol. The summed E-state index contributed by atoms with van der Waals surface area (Å²) in [5.41, 5.74) is 5.92. The maximum Gasteiger partial charge on any atom is -1.00 e. The largest absolute Gasteiger partial charge is 1.00 e. The van der Waals surface area contributed by atoms with Gasteiger partial charge in [-0.1, -0.05) is 0 Å². The van der Waals surface area contributed by atoms with Crippen LogP contribution < -0.4 is 24.8 Å². The van der Waals surface area contributed by atoms with Gasteiger partial charge in [0.2, 0.25) is 0 Å². The molecule has 0 amide bonds. The second-order valence-electron chi connectivity index (χ2n) is 8.18. The molecule has 2 aromatic carbocycles. The van der Waals surface area contributed by atoms with Crippen molar-refractivity contribution in [1.29, 1.82) is 0 Å². The van der Waals surface area contributed by atoms with E-state index >= 15 is 0 Å². The Morgan fingerprint density at radius 2 is 1.25 bits per heavy atom. The molecule has 2 aromatic rings. The first-order valence-corrected chi connectivity index (χ1v) is 11.1. The van der Waals surface area contributed by atoms with E-state index in [1.54, 1.807) is 24.7 Å². The van der Waals surface area contributed by atoms with Crippen molar-refractivity contribution in [3.8, 4) is 0 Å². The second-order valence-corrected chi connectivity index (χ2v) is 11.1. The van der Waals surface area contributed by atoms with Crippen LogP contribution in [0.15, 0.2) is 60.7 Å². The van der Waals surface area contributed by atoms with Gasteiger partial charge in [0.25, 0.3) is 0 Å². The van der Waals surface area contributed by atoms with Gasteiger partial charge < -0.3 is 24.8 Å². The molecule has 0 nitrogen and oxygen atoms in total. The van der Waals surface area contributed by atoms with Crippen LogP contribution in [0.3, 0.4) is 0 Å². The molecule has 0 aromatic heterocycles. The van der Waals surface area contributed by atoms with Crippen LogP contribution in [0.4, 0.5) is 0 Å². The maximum atomic E-state index is 2.49. The molecule has 0 saturated heterocycles. The topological polar surface area (TPSA) is 0 Å². The Bertz CT molecular complexity index is 838. The van der Waals surface area contributed by atoms with E-state index in [0.717, 1.165) is 0 Å². The summed E-state index contributed by atoms with van der Waals surface area (Å²) in [5, 5.41) is 0. The Balaban J connectivity index is 0.00000140. The van der Waals surface area contributed by atoms with Gasteiger partial charge in [0.1, 0.15) is 0 Å². The van der Waals surface area contributed by atoms with Gasteiger partial charge in [0, 0.05) is 0 Å². The molecule has 0 bridgehead atoms. The predicted molar refractivity (Wildman–Crippen MR) is 108 cm³/mol. The molecule has 3 atom stereocenters. The SMILES string of the molecule is C[C]([Zr+2])(CCCC1C=Cc2ccccc21)CCC1C=Cc2ccccc21.[Cl-].[Cl-]. The monoisotopic (exact) mass is 487 g/mol. The molecule has 3 heteroatoms. The Morgan fingerprint density at radius 1 is 0.750 bits per heavy atom. The van der Waals surface area contributed by atoms with Crippen LogP contribution in [0.1, 0.15) is 73.1 Å². The number of benzene rings is 2. The number of halogens is 2. The summed E-state index contributed by atoms with van der Waals surface area (Å²) in [7, 11) is 0. The minimum Gasteiger partial charge on any atom is -1.00 e. The molecule has 0 radical (unpaired) electrons. The molecule has 2 aliphatic rings. The van der Waals surface area contributed by atoms with Gasteiger partial charge in [-0.05, 0) is 0 Å². The van der Waals surface area contributed by atoms with Crippen LogP contribution in [-0.4, -0.2) is 0 Å². The number of fused-ring (bicyclic) bond motifs is 2. The van der Waals surface area contributed by atoms with E-state index in [2.05, 4.69) is 79.8 Å². The molecule has 0 heterocycles. The van der Waals surface area contributed by atoms with E-state index in [1.165, 1.54) is 54.4 Å². The Morgan fingerprint density at radius 3 is 1.82 bits per heavy atom. The van der Waals surface area contributed by atoms with E-state index in [4.69, 9.17) is 0 Å². The first-order valence-electron chi connectivity index (χ1n) is 9.92. The Kier molecular flexibility index (Phi) is 8.81. The van der Waals surface area contributed by atoms with Gasteiger partial charge in [0.05, 0.1) is 0 Å². The summed E-state index contributed by atoms with van der Waals surface area (Å²) >= 11 is 1.70. The van der Waals surface area contributed by atoms with E-state index in [-0.39, 0.29) is 24.8 Å². The molecule has 0 aliphatic heterocycles. The summed E-state index contributed by atoms with van der Waals surface area (Å²) in [6.07, 6.45) is 16.1. The minimum atomic E-state index is 0. The van der Waals surface area contributed by atoms with Gasteiger partial charge in [-0.3, -0.25) is 0 Å². The van der Waals surface area contributed by atoms with Crippen molar-refractivity contribution in [3.05, 3.63) is 82.9 Å². The molecule has 4 rings (SSSR count). The third-order valence-corrected chi connectivity index (χ3v) is 7.29. The van der Waals surface area contributed by atoms with E-state index in [0.29, 0.717) is 15.0 Å². The van der Waals surface area contributed by atoms with Crippen LogP contribution in [0.2, 0.25) is 3.12 Å². The van der Waals surface area contributed by atoms with Crippen molar-refractivity contribution in [2.24, 2.45) is 0 Å². The molecule has 3 unspecified atom stereocenters. The molecule has 145 valence electrons. The molecule has 28 heavy (non-hydrogen) atoms. The summed E-state index contributed by atoms with van der Waals surface area (Å²) in [5.74, 6) is 1.28. The Labute approximate surface area is 197 Å². The second kappa shape index (κ2) is 10.4. The molecular weight excluding hydrogens is 462 g/mol. The van der Waals surface area contributed by atoms with Gasteiger partial charge >= 0.3 is 174 Å². The van der Waals surface area contributed by atoms with Gasteiger partial charge in [-0.25, -0.2) is 0 Å². The van der Waals surface area contributed by atoms with Crippen molar-refractivity contribution in [1.82, 2.24) is 0 Å². The average Bonchev–Trinajstić information content (AvgIpc) is 3.24. The molecular formula is C25H27Cl2Zr. The molecule has 2 aliphatic carbocycles. The predicted octanol–water partition coefficient (Wildman–Crippen LogP) is 1.29. The fourth-order valence-corrected chi connectivity index (χ4v) is 5.25. The van der Waals surface area contributed by atoms with Gasteiger partial charge in [-0.2, -0.15) is 0 Å². The number of hydrogen-bond donors (Lipinski definition) is 0. The molecule has 0 spiro atoms. The van der Waals surface area contributed by atoms with Gasteiger partial charge in [0.15, 0.2) is 0 Å². The zero-order valence-corrected chi connectivity index (χ0v) is 20.3. The van der Waals surface area contributed by atoms with Crippen molar-refractivity contribution in [2.75, 3.05) is 0 Å². The van der Waals surface area contributed by atoms with Crippen molar-refractivity contribution in [3.63, 3.8) is 0 Å². The van der Waals surface area contributed by atoms with Crippen LogP contribution in [0, 0.1) is 0 Å². The van der Waals surface area contributed by atoms with Gasteiger partial charge in [-0.15, -0.1) is 0 Å².